The summed E-state index contributed by atoms with van der Waals surface area (Å²) in [5.74, 6) is 0.996. The first kappa shape index (κ1) is 14.7. The molecular weight excluding hydrogens is 306 g/mol. The maximum Gasteiger partial charge on any atom is 0.261 e. The van der Waals surface area contributed by atoms with Crippen molar-refractivity contribution in [3.05, 3.63) is 54.2 Å². The molecule has 24 heavy (non-hydrogen) atoms. The molecule has 3 aromatic rings. The molecule has 1 aliphatic rings. The topological polar surface area (TPSA) is 72.4 Å². The number of amides is 1. The van der Waals surface area contributed by atoms with E-state index >= 15 is 0 Å². The molecule has 1 aliphatic heterocycles. The number of aryl methyl sites for hydroxylation is 1. The van der Waals surface area contributed by atoms with E-state index in [1.165, 1.54) is 5.56 Å². The Labute approximate surface area is 139 Å². The highest BCUT2D eigenvalue weighted by molar-refractivity contribution is 5.96. The molecule has 0 unspecified atom stereocenters. The predicted molar refractivity (Wildman–Crippen MR) is 87.5 cm³/mol. The van der Waals surface area contributed by atoms with Crippen molar-refractivity contribution in [2.24, 2.45) is 0 Å². The second kappa shape index (κ2) is 5.96. The van der Waals surface area contributed by atoms with Crippen LogP contribution in [0.5, 0.6) is 0 Å². The molecule has 0 N–H and O–H groups in total. The molecule has 3 heterocycles. The third kappa shape index (κ3) is 2.60. The summed E-state index contributed by atoms with van der Waals surface area (Å²) in [6.07, 6.45) is 4.48. The average molecular weight is 323 g/mol. The van der Waals surface area contributed by atoms with Gasteiger partial charge in [-0.05, 0) is 30.2 Å². The summed E-state index contributed by atoms with van der Waals surface area (Å²) in [5.41, 5.74) is 2.91. The van der Waals surface area contributed by atoms with Crippen LogP contribution in [0.4, 0.5) is 5.69 Å². The highest BCUT2D eigenvalue weighted by atomic mass is 16.5. The minimum absolute atomic E-state index is 0.0623. The molecule has 0 aliphatic carbocycles. The van der Waals surface area contributed by atoms with Gasteiger partial charge in [-0.25, -0.2) is 0 Å². The first-order valence-electron chi connectivity index (χ1n) is 8.00. The standard InChI is InChI=1S/C18H17N3O3/c1-2-12-3-5-15(6-4-12)21-10-14(9-16(21)22)17-19-18(24-20-17)13-7-8-23-11-13/h3-8,11,14H,2,9-10H2,1H3/t14-/m0/s1. The molecule has 0 saturated carbocycles. The van der Waals surface area contributed by atoms with Crippen molar-refractivity contribution in [1.29, 1.82) is 0 Å². The van der Waals surface area contributed by atoms with Crippen LogP contribution >= 0.6 is 0 Å². The van der Waals surface area contributed by atoms with Crippen molar-refractivity contribution < 1.29 is 13.7 Å². The van der Waals surface area contributed by atoms with Crippen molar-refractivity contribution in [3.8, 4) is 11.5 Å². The molecule has 6 nitrogen and oxygen atoms in total. The second-order valence-corrected chi connectivity index (χ2v) is 5.90. The van der Waals surface area contributed by atoms with Gasteiger partial charge < -0.3 is 13.8 Å². The summed E-state index contributed by atoms with van der Waals surface area (Å²) in [4.78, 5) is 18.6. The van der Waals surface area contributed by atoms with Crippen LogP contribution in [-0.2, 0) is 11.2 Å². The Kier molecular flexibility index (Phi) is 3.65. The Morgan fingerprint density at radius 1 is 1.25 bits per heavy atom. The zero-order chi connectivity index (χ0) is 16.5. The molecule has 0 bridgehead atoms. The lowest BCUT2D eigenvalue weighted by molar-refractivity contribution is -0.117. The number of carbonyl (C=O) groups excluding carboxylic acids is 1. The van der Waals surface area contributed by atoms with E-state index in [1.807, 2.05) is 12.1 Å². The predicted octanol–water partition coefficient (Wildman–Crippen LogP) is 3.41. The Hall–Kier alpha value is -2.89. The molecule has 1 atom stereocenters. The Morgan fingerprint density at radius 3 is 2.79 bits per heavy atom. The van der Waals surface area contributed by atoms with Crippen LogP contribution in [-0.4, -0.2) is 22.6 Å². The first-order valence-corrected chi connectivity index (χ1v) is 8.00. The lowest BCUT2D eigenvalue weighted by Crippen LogP contribution is -2.24. The molecule has 1 saturated heterocycles. The van der Waals surface area contributed by atoms with Crippen LogP contribution in [0.15, 0.2) is 51.8 Å². The zero-order valence-corrected chi connectivity index (χ0v) is 13.3. The van der Waals surface area contributed by atoms with Crippen LogP contribution in [0.3, 0.4) is 0 Å². The number of nitrogens with zero attached hydrogens (tertiary/aromatic N) is 3. The van der Waals surface area contributed by atoms with E-state index < -0.39 is 0 Å². The van der Waals surface area contributed by atoms with Crippen LogP contribution in [0.2, 0.25) is 0 Å². The van der Waals surface area contributed by atoms with Gasteiger partial charge in [0.2, 0.25) is 5.91 Å². The highest BCUT2D eigenvalue weighted by Crippen LogP contribution is 2.31. The number of aromatic nitrogens is 2. The maximum absolute atomic E-state index is 12.4. The number of anilines is 1. The van der Waals surface area contributed by atoms with Gasteiger partial charge in [-0.3, -0.25) is 4.79 Å². The van der Waals surface area contributed by atoms with Gasteiger partial charge in [-0.2, -0.15) is 4.98 Å². The minimum atomic E-state index is -0.0623. The van der Waals surface area contributed by atoms with E-state index in [-0.39, 0.29) is 11.8 Å². The van der Waals surface area contributed by atoms with Crippen molar-refractivity contribution in [3.63, 3.8) is 0 Å². The smallest absolute Gasteiger partial charge is 0.261 e. The average Bonchev–Trinajstić information content (AvgIpc) is 3.34. The van der Waals surface area contributed by atoms with Gasteiger partial charge in [0.15, 0.2) is 5.82 Å². The van der Waals surface area contributed by atoms with E-state index in [0.717, 1.165) is 17.7 Å². The summed E-state index contributed by atoms with van der Waals surface area (Å²) < 4.78 is 10.3. The fraction of sp³-hybridized carbons (Fsp3) is 0.278. The van der Waals surface area contributed by atoms with Gasteiger partial charge in [0.1, 0.15) is 6.26 Å². The summed E-state index contributed by atoms with van der Waals surface area (Å²) in [6.45, 7) is 2.68. The number of hydrogen-bond acceptors (Lipinski definition) is 5. The summed E-state index contributed by atoms with van der Waals surface area (Å²) >= 11 is 0. The third-order valence-electron chi connectivity index (χ3n) is 4.36. The monoisotopic (exact) mass is 323 g/mol. The molecule has 1 amide bonds. The van der Waals surface area contributed by atoms with E-state index in [9.17, 15) is 4.79 Å². The molecule has 6 heteroatoms. The van der Waals surface area contributed by atoms with Crippen LogP contribution in [0, 0.1) is 0 Å². The number of rotatable bonds is 4. The molecular formula is C18H17N3O3. The van der Waals surface area contributed by atoms with Gasteiger partial charge in [-0.15, -0.1) is 0 Å². The number of hydrogen-bond donors (Lipinski definition) is 0. The van der Waals surface area contributed by atoms with E-state index in [2.05, 4.69) is 29.2 Å². The normalized spacial score (nSPS) is 17.6. The van der Waals surface area contributed by atoms with E-state index in [1.54, 1.807) is 23.5 Å². The highest BCUT2D eigenvalue weighted by Gasteiger charge is 2.34. The Balaban J connectivity index is 1.53. The zero-order valence-electron chi connectivity index (χ0n) is 13.3. The number of furan rings is 1. The molecule has 0 radical (unpaired) electrons. The maximum atomic E-state index is 12.4. The Morgan fingerprint density at radius 2 is 2.08 bits per heavy atom. The summed E-state index contributed by atoms with van der Waals surface area (Å²) in [6, 6.07) is 9.86. The van der Waals surface area contributed by atoms with Gasteiger partial charge in [0.25, 0.3) is 5.89 Å². The summed E-state index contributed by atoms with van der Waals surface area (Å²) in [5, 5.41) is 4.04. The largest absolute Gasteiger partial charge is 0.472 e. The fourth-order valence-electron chi connectivity index (χ4n) is 2.95. The van der Waals surface area contributed by atoms with Gasteiger partial charge in [0.05, 0.1) is 11.8 Å². The molecule has 1 aromatic carbocycles. The van der Waals surface area contributed by atoms with Crippen LogP contribution in [0.1, 0.15) is 30.7 Å². The molecule has 2 aromatic heterocycles. The van der Waals surface area contributed by atoms with Gasteiger partial charge in [0, 0.05) is 24.6 Å². The summed E-state index contributed by atoms with van der Waals surface area (Å²) in [7, 11) is 0. The van der Waals surface area contributed by atoms with E-state index in [0.29, 0.717) is 24.7 Å². The molecule has 122 valence electrons. The second-order valence-electron chi connectivity index (χ2n) is 5.90. The van der Waals surface area contributed by atoms with Gasteiger partial charge in [-0.1, -0.05) is 24.2 Å². The third-order valence-corrected chi connectivity index (χ3v) is 4.36. The molecule has 1 fully saturated rings. The first-order chi connectivity index (χ1) is 11.7. The lowest BCUT2D eigenvalue weighted by Gasteiger charge is -2.16. The number of carbonyl (C=O) groups is 1. The molecule has 4 rings (SSSR count). The fourth-order valence-corrected chi connectivity index (χ4v) is 2.95. The Bertz CT molecular complexity index is 837. The quantitative estimate of drug-likeness (QED) is 0.735. The van der Waals surface area contributed by atoms with E-state index in [4.69, 9.17) is 8.94 Å². The van der Waals surface area contributed by atoms with Gasteiger partial charge >= 0.3 is 0 Å². The number of benzene rings is 1. The van der Waals surface area contributed by atoms with Crippen molar-refractivity contribution in [2.45, 2.75) is 25.7 Å². The van der Waals surface area contributed by atoms with Crippen molar-refractivity contribution >= 4 is 11.6 Å². The van der Waals surface area contributed by atoms with Crippen molar-refractivity contribution in [2.75, 3.05) is 11.4 Å². The van der Waals surface area contributed by atoms with Crippen LogP contribution in [0.25, 0.3) is 11.5 Å². The SMILES string of the molecule is CCc1ccc(N2C[C@@H](c3noc(-c4ccoc4)n3)CC2=O)cc1. The van der Waals surface area contributed by atoms with Crippen molar-refractivity contribution in [1.82, 2.24) is 10.1 Å². The minimum Gasteiger partial charge on any atom is -0.472 e. The lowest BCUT2D eigenvalue weighted by atomic mass is 10.1. The van der Waals surface area contributed by atoms with Crippen LogP contribution < -0.4 is 4.90 Å². The molecule has 0 spiro atoms.